The first-order valence-electron chi connectivity index (χ1n) is 10.6. The van der Waals surface area contributed by atoms with Crippen LogP contribution in [0.4, 0.5) is 10.8 Å². The molecule has 0 aliphatic heterocycles. The number of rotatable bonds is 11. The van der Waals surface area contributed by atoms with Gasteiger partial charge in [-0.2, -0.15) is 0 Å². The molecule has 3 N–H and O–H groups in total. The number of carbonyl (C=O) groups is 3. The summed E-state index contributed by atoms with van der Waals surface area (Å²) in [7, 11) is 0. The van der Waals surface area contributed by atoms with Crippen LogP contribution in [0.5, 0.6) is 5.75 Å². The number of carbonyl (C=O) groups excluding carboxylic acids is 2. The predicted octanol–water partition coefficient (Wildman–Crippen LogP) is 5.13. The molecule has 34 heavy (non-hydrogen) atoms. The van der Waals surface area contributed by atoms with Crippen LogP contribution in [0.2, 0.25) is 0 Å². The van der Waals surface area contributed by atoms with Crippen molar-refractivity contribution in [1.29, 1.82) is 0 Å². The number of amides is 2. The van der Waals surface area contributed by atoms with E-state index in [9.17, 15) is 14.4 Å². The molecule has 1 heterocycles. The average Bonchev–Trinajstić information content (AvgIpc) is 3.27. The number of hydrogen-bond donors (Lipinski definition) is 3. The van der Waals surface area contributed by atoms with Gasteiger partial charge in [0.1, 0.15) is 5.75 Å². The van der Waals surface area contributed by atoms with Gasteiger partial charge in [-0.05, 0) is 56.3 Å². The minimum atomic E-state index is -1.02. The van der Waals surface area contributed by atoms with E-state index in [1.165, 1.54) is 23.1 Å². The molecule has 2 aromatic carbocycles. The van der Waals surface area contributed by atoms with E-state index in [4.69, 9.17) is 9.84 Å². The molecule has 0 spiro atoms. The molecule has 1 aromatic heterocycles. The van der Waals surface area contributed by atoms with Crippen molar-refractivity contribution < 1.29 is 24.2 Å². The lowest BCUT2D eigenvalue weighted by Crippen LogP contribution is -2.22. The number of ether oxygens (including phenoxy) is 1. The Labute approximate surface area is 205 Å². The Balaban J connectivity index is 1.55. The van der Waals surface area contributed by atoms with E-state index in [-0.39, 0.29) is 24.7 Å². The molecule has 0 aliphatic rings. The molecule has 178 valence electrons. The number of nitrogens with one attached hydrogen (secondary N) is 2. The first kappa shape index (κ1) is 25.3. The van der Waals surface area contributed by atoms with Gasteiger partial charge in [0.2, 0.25) is 11.8 Å². The van der Waals surface area contributed by atoms with Gasteiger partial charge in [-0.25, -0.2) is 4.98 Å². The number of carboxylic acids is 1. The summed E-state index contributed by atoms with van der Waals surface area (Å²) >= 11 is 2.70. The van der Waals surface area contributed by atoms with E-state index in [1.54, 1.807) is 25.1 Å². The van der Waals surface area contributed by atoms with Gasteiger partial charge in [-0.3, -0.25) is 14.4 Å². The lowest BCUT2D eigenvalue weighted by Gasteiger charge is -2.12. The van der Waals surface area contributed by atoms with Gasteiger partial charge >= 0.3 is 5.97 Å². The summed E-state index contributed by atoms with van der Waals surface area (Å²) < 4.78 is 5.46. The van der Waals surface area contributed by atoms with Crippen molar-refractivity contribution in [2.75, 3.05) is 17.2 Å². The topological polar surface area (TPSA) is 118 Å². The van der Waals surface area contributed by atoms with Crippen LogP contribution in [0.1, 0.15) is 26.7 Å². The second kappa shape index (κ2) is 12.2. The van der Waals surface area contributed by atoms with Crippen LogP contribution in [0.15, 0.2) is 58.8 Å². The number of hydrogen-bond acceptors (Lipinski definition) is 7. The number of benzene rings is 2. The van der Waals surface area contributed by atoms with Crippen LogP contribution in [-0.4, -0.2) is 39.7 Å². The van der Waals surface area contributed by atoms with E-state index in [0.29, 0.717) is 17.4 Å². The molecule has 10 heteroatoms. The maximum absolute atomic E-state index is 12.7. The molecule has 0 radical (unpaired) electrons. The molecular formula is C24H25N3O5S2. The van der Waals surface area contributed by atoms with Gasteiger partial charge in [0, 0.05) is 27.9 Å². The fourth-order valence-electron chi connectivity index (χ4n) is 2.91. The highest BCUT2D eigenvalue weighted by Crippen LogP contribution is 2.29. The normalized spacial score (nSPS) is 11.5. The number of carboxylic acid groups (broad SMARTS) is 1. The van der Waals surface area contributed by atoms with Gasteiger partial charge in [0.05, 0.1) is 24.0 Å². The quantitative estimate of drug-likeness (QED) is 0.313. The molecule has 8 nitrogen and oxygen atoms in total. The first-order valence-corrected chi connectivity index (χ1v) is 12.4. The van der Waals surface area contributed by atoms with Crippen LogP contribution in [0.25, 0.3) is 11.3 Å². The summed E-state index contributed by atoms with van der Waals surface area (Å²) in [5.41, 5.74) is 2.26. The van der Waals surface area contributed by atoms with Crippen LogP contribution in [0.3, 0.4) is 0 Å². The summed E-state index contributed by atoms with van der Waals surface area (Å²) in [4.78, 5) is 40.5. The Bertz CT molecular complexity index is 1150. The highest BCUT2D eigenvalue weighted by molar-refractivity contribution is 8.00. The largest absolute Gasteiger partial charge is 0.494 e. The third kappa shape index (κ3) is 7.60. The minimum Gasteiger partial charge on any atom is -0.494 e. The second-order valence-electron chi connectivity index (χ2n) is 7.21. The van der Waals surface area contributed by atoms with Crippen LogP contribution < -0.4 is 15.4 Å². The van der Waals surface area contributed by atoms with Crippen molar-refractivity contribution >= 4 is 51.7 Å². The van der Waals surface area contributed by atoms with Crippen LogP contribution in [0, 0.1) is 0 Å². The number of aliphatic carboxylic acids is 1. The van der Waals surface area contributed by atoms with Crippen molar-refractivity contribution in [1.82, 2.24) is 4.98 Å². The number of thioether (sulfide) groups is 1. The maximum atomic E-state index is 12.7. The molecule has 1 atom stereocenters. The monoisotopic (exact) mass is 499 g/mol. The summed E-state index contributed by atoms with van der Waals surface area (Å²) in [5, 5.41) is 16.2. The molecule has 1 unspecified atom stereocenters. The molecule has 0 aliphatic carbocycles. The van der Waals surface area contributed by atoms with Crippen molar-refractivity contribution in [2.45, 2.75) is 36.8 Å². The molecule has 0 bridgehead atoms. The van der Waals surface area contributed by atoms with Crippen LogP contribution >= 0.6 is 23.1 Å². The van der Waals surface area contributed by atoms with E-state index in [0.717, 1.165) is 21.9 Å². The fraction of sp³-hybridized carbons (Fsp3) is 0.250. The molecular weight excluding hydrogens is 474 g/mol. The number of nitrogens with zero attached hydrogens (tertiary/aromatic N) is 1. The SMILES string of the molecule is CCOc1ccc(-c2csc(NC(=O)C(C)Sc3cccc(NC(=O)CCC(=O)O)c3)n2)cc1. The van der Waals surface area contributed by atoms with Crippen LogP contribution in [-0.2, 0) is 14.4 Å². The molecule has 3 rings (SSSR count). The summed E-state index contributed by atoms with van der Waals surface area (Å²) in [6.45, 7) is 4.33. The molecule has 0 fully saturated rings. The Morgan fingerprint density at radius 2 is 1.88 bits per heavy atom. The van der Waals surface area contributed by atoms with Crippen molar-refractivity contribution in [3.63, 3.8) is 0 Å². The molecule has 0 saturated heterocycles. The average molecular weight is 500 g/mol. The van der Waals surface area contributed by atoms with E-state index in [2.05, 4.69) is 15.6 Å². The highest BCUT2D eigenvalue weighted by Gasteiger charge is 2.17. The summed E-state index contributed by atoms with van der Waals surface area (Å²) in [6.07, 6.45) is -0.327. The first-order chi connectivity index (χ1) is 16.3. The van der Waals surface area contributed by atoms with Crippen molar-refractivity contribution in [2.24, 2.45) is 0 Å². The summed E-state index contributed by atoms with van der Waals surface area (Å²) in [6, 6.07) is 14.7. The van der Waals surface area contributed by atoms with Crippen molar-refractivity contribution in [3.05, 3.63) is 53.9 Å². The Hall–Kier alpha value is -3.37. The highest BCUT2D eigenvalue weighted by atomic mass is 32.2. The fourth-order valence-corrected chi connectivity index (χ4v) is 4.56. The van der Waals surface area contributed by atoms with Gasteiger partial charge in [0.15, 0.2) is 5.13 Å². The smallest absolute Gasteiger partial charge is 0.303 e. The Kier molecular flexibility index (Phi) is 9.06. The Morgan fingerprint density at radius 1 is 1.12 bits per heavy atom. The third-order valence-corrected chi connectivity index (χ3v) is 6.41. The van der Waals surface area contributed by atoms with E-state index < -0.39 is 11.2 Å². The van der Waals surface area contributed by atoms with Gasteiger partial charge in [-0.15, -0.1) is 23.1 Å². The Morgan fingerprint density at radius 3 is 2.59 bits per heavy atom. The predicted molar refractivity (Wildman–Crippen MR) is 135 cm³/mol. The zero-order valence-electron chi connectivity index (χ0n) is 18.7. The van der Waals surface area contributed by atoms with Crippen molar-refractivity contribution in [3.8, 4) is 17.0 Å². The van der Waals surface area contributed by atoms with Gasteiger partial charge in [0.25, 0.3) is 0 Å². The molecule has 3 aromatic rings. The second-order valence-corrected chi connectivity index (χ2v) is 9.49. The number of anilines is 2. The number of thiazole rings is 1. The lowest BCUT2D eigenvalue weighted by atomic mass is 10.2. The lowest BCUT2D eigenvalue weighted by molar-refractivity contribution is -0.138. The zero-order valence-corrected chi connectivity index (χ0v) is 20.4. The van der Waals surface area contributed by atoms with Gasteiger partial charge < -0.3 is 20.5 Å². The maximum Gasteiger partial charge on any atom is 0.303 e. The number of aromatic nitrogens is 1. The zero-order chi connectivity index (χ0) is 24.5. The molecule has 2 amide bonds. The molecule has 0 saturated carbocycles. The van der Waals surface area contributed by atoms with E-state index >= 15 is 0 Å². The third-order valence-electron chi connectivity index (χ3n) is 4.56. The van der Waals surface area contributed by atoms with E-state index in [1.807, 2.05) is 42.6 Å². The summed E-state index contributed by atoms with van der Waals surface area (Å²) in [5.74, 6) is -0.785. The minimum absolute atomic E-state index is 0.0992. The van der Waals surface area contributed by atoms with Gasteiger partial charge in [-0.1, -0.05) is 6.07 Å². The standard InChI is InChI=1S/C24H25N3O5S2/c1-3-32-18-9-7-16(8-10-18)20-14-33-24(26-20)27-23(31)15(2)34-19-6-4-5-17(13-19)25-21(28)11-12-22(29)30/h4-10,13-15H,3,11-12H2,1-2H3,(H,25,28)(H,29,30)(H,26,27,31).